The van der Waals surface area contributed by atoms with Gasteiger partial charge in [-0.15, -0.1) is 0 Å². The molecule has 3 heteroatoms. The molecule has 0 atom stereocenters. The molecule has 0 aliphatic carbocycles. The minimum Gasteiger partial charge on any atom is -0.464 e. The Hall–Kier alpha value is -1.77. The molecule has 0 N–H and O–H groups in total. The number of hydrogen-bond acceptors (Lipinski definition) is 3. The zero-order valence-electron chi connectivity index (χ0n) is 11.1. The minimum absolute atomic E-state index is 0.272. The molecule has 2 rings (SSSR count). The molecule has 0 aliphatic heterocycles. The molecule has 3 nitrogen and oxygen atoms in total. The highest BCUT2D eigenvalue weighted by molar-refractivity contribution is 5.26. The largest absolute Gasteiger partial charge is 0.464 e. The first-order valence-electron chi connectivity index (χ1n) is 6.37. The van der Waals surface area contributed by atoms with Gasteiger partial charge in [0.25, 0.3) is 0 Å². The van der Waals surface area contributed by atoms with E-state index in [1.54, 1.807) is 0 Å². The molecule has 0 unspecified atom stereocenters. The molecule has 0 spiro atoms. The molecule has 0 radical (unpaired) electrons. The summed E-state index contributed by atoms with van der Waals surface area (Å²) in [6, 6.07) is 10.2. The maximum Gasteiger partial charge on any atom is 0.308 e. The van der Waals surface area contributed by atoms with Gasteiger partial charge in [0.2, 0.25) is 5.89 Å². The van der Waals surface area contributed by atoms with Crippen molar-refractivity contribution in [2.75, 3.05) is 6.61 Å². The quantitative estimate of drug-likeness (QED) is 0.804. The van der Waals surface area contributed by atoms with Gasteiger partial charge in [0.15, 0.2) is 0 Å². The lowest BCUT2D eigenvalue weighted by molar-refractivity contribution is 0.245. The lowest BCUT2D eigenvalue weighted by Gasteiger charge is -2.01. The Balaban J connectivity index is 2.25. The number of oxazole rings is 1. The second-order valence-corrected chi connectivity index (χ2v) is 4.54. The second-order valence-electron chi connectivity index (χ2n) is 4.54. The third-order valence-corrected chi connectivity index (χ3v) is 2.66. The van der Waals surface area contributed by atoms with E-state index in [1.807, 2.05) is 25.1 Å². The summed E-state index contributed by atoms with van der Waals surface area (Å²) < 4.78 is 11.2. The van der Waals surface area contributed by atoms with E-state index >= 15 is 0 Å². The van der Waals surface area contributed by atoms with Crippen molar-refractivity contribution in [3.8, 4) is 5.95 Å². The van der Waals surface area contributed by atoms with Gasteiger partial charge in [-0.2, -0.15) is 0 Å². The van der Waals surface area contributed by atoms with E-state index in [1.165, 1.54) is 5.56 Å². The summed E-state index contributed by atoms with van der Waals surface area (Å²) in [5.74, 6) is 1.57. The predicted octanol–water partition coefficient (Wildman–Crippen LogP) is 3.79. The van der Waals surface area contributed by atoms with Crippen LogP contribution in [0.5, 0.6) is 5.95 Å². The number of ether oxygens (including phenoxy) is 1. The van der Waals surface area contributed by atoms with E-state index in [9.17, 15) is 0 Å². The lowest BCUT2D eigenvalue weighted by atomic mass is 10.1. The van der Waals surface area contributed by atoms with Crippen LogP contribution in [0.25, 0.3) is 0 Å². The molecule has 1 heterocycles. The Labute approximate surface area is 108 Å². The van der Waals surface area contributed by atoms with Crippen LogP contribution in [0, 0.1) is 0 Å². The van der Waals surface area contributed by atoms with Crippen molar-refractivity contribution in [1.29, 1.82) is 0 Å². The Morgan fingerprint density at radius 2 is 1.94 bits per heavy atom. The van der Waals surface area contributed by atoms with Crippen molar-refractivity contribution < 1.29 is 9.15 Å². The summed E-state index contributed by atoms with van der Waals surface area (Å²) >= 11 is 0. The van der Waals surface area contributed by atoms with Crippen molar-refractivity contribution in [1.82, 2.24) is 4.98 Å². The Kier molecular flexibility index (Phi) is 4.03. The van der Waals surface area contributed by atoms with E-state index in [4.69, 9.17) is 9.15 Å². The molecule has 96 valence electrons. The summed E-state index contributed by atoms with van der Waals surface area (Å²) in [4.78, 5) is 4.53. The molecule has 0 aliphatic rings. The molecule has 2 aromatic rings. The average molecular weight is 245 g/mol. The number of aromatic nitrogens is 1. The highest BCUT2D eigenvalue weighted by atomic mass is 16.6. The van der Waals surface area contributed by atoms with Gasteiger partial charge in [0, 0.05) is 12.3 Å². The number of rotatable bonds is 5. The number of hydrogen-bond donors (Lipinski definition) is 0. The first-order chi connectivity index (χ1) is 8.70. The topological polar surface area (TPSA) is 35.3 Å². The van der Waals surface area contributed by atoms with Gasteiger partial charge in [-0.1, -0.05) is 44.2 Å². The van der Waals surface area contributed by atoms with Crippen molar-refractivity contribution >= 4 is 0 Å². The summed E-state index contributed by atoms with van der Waals surface area (Å²) in [6.45, 7) is 6.67. The first kappa shape index (κ1) is 12.7. The summed E-state index contributed by atoms with van der Waals surface area (Å²) in [6.07, 6.45) is 0.742. The van der Waals surface area contributed by atoms with Gasteiger partial charge in [-0.25, -0.2) is 4.98 Å². The van der Waals surface area contributed by atoms with Crippen LogP contribution in [0.4, 0.5) is 0 Å². The Bertz CT molecular complexity index is 488. The van der Waals surface area contributed by atoms with Crippen LogP contribution in [-0.4, -0.2) is 11.6 Å². The number of benzene rings is 1. The molecule has 0 bridgehead atoms. The number of nitrogens with zero attached hydrogens (tertiary/aromatic N) is 1. The second kappa shape index (κ2) is 5.71. The van der Waals surface area contributed by atoms with E-state index < -0.39 is 0 Å². The van der Waals surface area contributed by atoms with Crippen LogP contribution in [0.1, 0.15) is 43.8 Å². The SMILES string of the molecule is CCOc1oc(C(C)C)nc1Cc1ccccc1. The molecule has 1 aromatic carbocycles. The zero-order chi connectivity index (χ0) is 13.0. The first-order valence-corrected chi connectivity index (χ1v) is 6.37. The summed E-state index contributed by atoms with van der Waals surface area (Å²) in [7, 11) is 0. The molecular formula is C15H19NO2. The van der Waals surface area contributed by atoms with Gasteiger partial charge < -0.3 is 9.15 Å². The van der Waals surface area contributed by atoms with Crippen LogP contribution in [0.2, 0.25) is 0 Å². The summed E-state index contributed by atoms with van der Waals surface area (Å²) in [5, 5.41) is 0. The van der Waals surface area contributed by atoms with Crippen molar-refractivity contribution in [2.45, 2.75) is 33.1 Å². The van der Waals surface area contributed by atoms with E-state index in [0.29, 0.717) is 12.6 Å². The molecule has 0 fully saturated rings. The molecule has 1 aromatic heterocycles. The maximum absolute atomic E-state index is 5.66. The van der Waals surface area contributed by atoms with Crippen LogP contribution in [-0.2, 0) is 6.42 Å². The fraction of sp³-hybridized carbons (Fsp3) is 0.400. The van der Waals surface area contributed by atoms with E-state index in [0.717, 1.165) is 18.0 Å². The normalized spacial score (nSPS) is 10.9. The Morgan fingerprint density at radius 1 is 1.22 bits per heavy atom. The van der Waals surface area contributed by atoms with E-state index in [-0.39, 0.29) is 5.92 Å². The average Bonchev–Trinajstić information content (AvgIpc) is 2.75. The fourth-order valence-electron chi connectivity index (χ4n) is 1.75. The molecule has 18 heavy (non-hydrogen) atoms. The molecule has 0 saturated heterocycles. The minimum atomic E-state index is 0.272. The monoisotopic (exact) mass is 245 g/mol. The fourth-order valence-corrected chi connectivity index (χ4v) is 1.75. The maximum atomic E-state index is 5.66. The van der Waals surface area contributed by atoms with Crippen LogP contribution >= 0.6 is 0 Å². The van der Waals surface area contributed by atoms with Crippen molar-refractivity contribution in [3.05, 3.63) is 47.5 Å². The highest BCUT2D eigenvalue weighted by Gasteiger charge is 2.16. The highest BCUT2D eigenvalue weighted by Crippen LogP contribution is 2.26. The Morgan fingerprint density at radius 3 is 2.56 bits per heavy atom. The van der Waals surface area contributed by atoms with Gasteiger partial charge in [-0.05, 0) is 12.5 Å². The van der Waals surface area contributed by atoms with Gasteiger partial charge in [0.1, 0.15) is 5.69 Å². The molecule has 0 amide bonds. The lowest BCUT2D eigenvalue weighted by Crippen LogP contribution is -1.96. The van der Waals surface area contributed by atoms with Gasteiger partial charge >= 0.3 is 5.95 Å². The standard InChI is InChI=1S/C15H19NO2/c1-4-17-15-13(16-14(18-15)11(2)3)10-12-8-6-5-7-9-12/h5-9,11H,4,10H2,1-3H3. The third kappa shape index (κ3) is 2.92. The van der Waals surface area contributed by atoms with Crippen LogP contribution in [0.15, 0.2) is 34.7 Å². The molecular weight excluding hydrogens is 226 g/mol. The predicted molar refractivity (Wildman–Crippen MR) is 71.0 cm³/mol. The zero-order valence-corrected chi connectivity index (χ0v) is 11.1. The van der Waals surface area contributed by atoms with E-state index in [2.05, 4.69) is 31.0 Å². The van der Waals surface area contributed by atoms with Crippen LogP contribution < -0.4 is 4.74 Å². The van der Waals surface area contributed by atoms with Crippen molar-refractivity contribution in [3.63, 3.8) is 0 Å². The van der Waals surface area contributed by atoms with Gasteiger partial charge in [-0.3, -0.25) is 0 Å². The molecule has 0 saturated carbocycles. The summed E-state index contributed by atoms with van der Waals surface area (Å²) in [5.41, 5.74) is 2.09. The van der Waals surface area contributed by atoms with Crippen molar-refractivity contribution in [2.24, 2.45) is 0 Å². The smallest absolute Gasteiger partial charge is 0.308 e. The van der Waals surface area contributed by atoms with Gasteiger partial charge in [0.05, 0.1) is 6.61 Å². The van der Waals surface area contributed by atoms with Crippen LogP contribution in [0.3, 0.4) is 0 Å². The third-order valence-electron chi connectivity index (χ3n) is 2.66.